The molecule has 0 atom stereocenters. The van der Waals surface area contributed by atoms with E-state index in [0.29, 0.717) is 17.3 Å². The van der Waals surface area contributed by atoms with Gasteiger partial charge in [0.1, 0.15) is 22.2 Å². The number of nitrogens with one attached hydrogen (secondary N) is 1. The number of hydrogen-bond acceptors (Lipinski definition) is 5. The summed E-state index contributed by atoms with van der Waals surface area (Å²) < 4.78 is 43.6. The standard InChI is InChI=1S/C21H16F3N3OS/c1-12-25-19(27-15-7-5-14(6-8-15)21(22,23)24)18-17(11-29-20(18)26-12)13-3-9-16(28-2)10-4-13/h3-11H,1-2H3,(H,25,26,27). The Morgan fingerprint density at radius 3 is 2.28 bits per heavy atom. The first-order valence-corrected chi connectivity index (χ1v) is 9.57. The molecule has 0 fully saturated rings. The normalized spacial score (nSPS) is 11.6. The largest absolute Gasteiger partial charge is 0.497 e. The van der Waals surface area contributed by atoms with E-state index in [4.69, 9.17) is 4.74 Å². The maximum Gasteiger partial charge on any atom is 0.416 e. The van der Waals surface area contributed by atoms with E-state index in [1.54, 1.807) is 14.0 Å². The predicted octanol–water partition coefficient (Wildman–Crippen LogP) is 6.44. The van der Waals surface area contributed by atoms with Crippen LogP contribution in [0.15, 0.2) is 53.9 Å². The Balaban J connectivity index is 1.76. The molecule has 8 heteroatoms. The van der Waals surface area contributed by atoms with E-state index >= 15 is 0 Å². The van der Waals surface area contributed by atoms with Gasteiger partial charge in [-0.3, -0.25) is 0 Å². The number of benzene rings is 2. The van der Waals surface area contributed by atoms with Crippen LogP contribution in [0.1, 0.15) is 11.4 Å². The monoisotopic (exact) mass is 415 g/mol. The van der Waals surface area contributed by atoms with Crippen LogP contribution in [-0.4, -0.2) is 17.1 Å². The van der Waals surface area contributed by atoms with Gasteiger partial charge in [-0.05, 0) is 48.9 Å². The minimum atomic E-state index is -4.37. The van der Waals surface area contributed by atoms with Gasteiger partial charge in [-0.25, -0.2) is 9.97 Å². The minimum absolute atomic E-state index is 0.518. The van der Waals surface area contributed by atoms with E-state index in [1.807, 2.05) is 29.6 Å². The average Bonchev–Trinajstić information content (AvgIpc) is 3.11. The Bertz CT molecular complexity index is 1150. The summed E-state index contributed by atoms with van der Waals surface area (Å²) in [6.07, 6.45) is -4.37. The molecule has 29 heavy (non-hydrogen) atoms. The van der Waals surface area contributed by atoms with Gasteiger partial charge in [-0.1, -0.05) is 12.1 Å². The molecule has 4 rings (SSSR count). The number of aryl methyl sites for hydroxylation is 1. The van der Waals surface area contributed by atoms with Crippen LogP contribution in [0.5, 0.6) is 5.75 Å². The van der Waals surface area contributed by atoms with E-state index in [-0.39, 0.29) is 0 Å². The van der Waals surface area contributed by atoms with Crippen LogP contribution in [-0.2, 0) is 6.18 Å². The van der Waals surface area contributed by atoms with Crippen molar-refractivity contribution in [1.82, 2.24) is 9.97 Å². The summed E-state index contributed by atoms with van der Waals surface area (Å²) in [6, 6.07) is 12.5. The number of nitrogens with zero attached hydrogens (tertiary/aromatic N) is 2. The zero-order valence-electron chi connectivity index (χ0n) is 15.5. The number of ether oxygens (including phenoxy) is 1. The van der Waals surface area contributed by atoms with Crippen LogP contribution in [0.25, 0.3) is 21.3 Å². The quantitative estimate of drug-likeness (QED) is 0.417. The maximum absolute atomic E-state index is 12.8. The molecule has 0 amide bonds. The summed E-state index contributed by atoms with van der Waals surface area (Å²) in [7, 11) is 1.61. The highest BCUT2D eigenvalue weighted by molar-refractivity contribution is 7.17. The predicted molar refractivity (Wildman–Crippen MR) is 109 cm³/mol. The lowest BCUT2D eigenvalue weighted by Crippen LogP contribution is -2.04. The summed E-state index contributed by atoms with van der Waals surface area (Å²) in [6.45, 7) is 1.78. The minimum Gasteiger partial charge on any atom is -0.497 e. The van der Waals surface area contributed by atoms with E-state index in [9.17, 15) is 13.2 Å². The van der Waals surface area contributed by atoms with Gasteiger partial charge in [0.15, 0.2) is 0 Å². The number of halogens is 3. The highest BCUT2D eigenvalue weighted by atomic mass is 32.1. The summed E-state index contributed by atoms with van der Waals surface area (Å²) in [5.41, 5.74) is 1.74. The number of aromatic nitrogens is 2. The third kappa shape index (κ3) is 3.88. The number of hydrogen-bond donors (Lipinski definition) is 1. The second-order valence-electron chi connectivity index (χ2n) is 6.38. The third-order valence-corrected chi connectivity index (χ3v) is 5.29. The molecule has 4 nitrogen and oxygen atoms in total. The Hall–Kier alpha value is -3.13. The molecule has 2 heterocycles. The number of rotatable bonds is 4. The highest BCUT2D eigenvalue weighted by Crippen LogP contribution is 2.38. The molecule has 0 bridgehead atoms. The lowest BCUT2D eigenvalue weighted by atomic mass is 10.1. The summed E-state index contributed by atoms with van der Waals surface area (Å²) in [5, 5.41) is 5.97. The van der Waals surface area contributed by atoms with Gasteiger partial charge in [0.2, 0.25) is 0 Å². The molecule has 2 aromatic carbocycles. The van der Waals surface area contributed by atoms with Crippen LogP contribution in [0, 0.1) is 6.92 Å². The van der Waals surface area contributed by atoms with Crippen LogP contribution in [0.2, 0.25) is 0 Å². The first-order valence-electron chi connectivity index (χ1n) is 8.69. The molecule has 0 aliphatic rings. The van der Waals surface area contributed by atoms with E-state index in [0.717, 1.165) is 39.2 Å². The SMILES string of the molecule is COc1ccc(-c2csc3nc(C)nc(Nc4ccc(C(F)(F)F)cc4)c23)cc1. The zero-order chi connectivity index (χ0) is 20.6. The van der Waals surface area contributed by atoms with Crippen molar-refractivity contribution < 1.29 is 17.9 Å². The van der Waals surface area contributed by atoms with Crippen molar-refractivity contribution in [2.75, 3.05) is 12.4 Å². The lowest BCUT2D eigenvalue weighted by molar-refractivity contribution is -0.137. The maximum atomic E-state index is 12.8. The van der Waals surface area contributed by atoms with Gasteiger partial charge in [0.25, 0.3) is 0 Å². The summed E-state index contributed by atoms with van der Waals surface area (Å²) >= 11 is 1.49. The van der Waals surface area contributed by atoms with Crippen molar-refractivity contribution in [1.29, 1.82) is 0 Å². The Kier molecular flexibility index (Phi) is 4.87. The number of methoxy groups -OCH3 is 1. The molecular weight excluding hydrogens is 399 g/mol. The smallest absolute Gasteiger partial charge is 0.416 e. The van der Waals surface area contributed by atoms with E-state index in [1.165, 1.54) is 23.5 Å². The second-order valence-corrected chi connectivity index (χ2v) is 7.24. The zero-order valence-corrected chi connectivity index (χ0v) is 16.4. The van der Waals surface area contributed by atoms with Crippen LogP contribution >= 0.6 is 11.3 Å². The molecule has 0 aliphatic heterocycles. The molecule has 0 saturated carbocycles. The highest BCUT2D eigenvalue weighted by Gasteiger charge is 2.30. The van der Waals surface area contributed by atoms with E-state index < -0.39 is 11.7 Å². The fourth-order valence-corrected chi connectivity index (χ4v) is 3.99. The van der Waals surface area contributed by atoms with Gasteiger partial charge in [-0.2, -0.15) is 13.2 Å². The molecule has 0 spiro atoms. The first-order chi connectivity index (χ1) is 13.8. The first kappa shape index (κ1) is 19.2. The number of thiophene rings is 1. The Labute approximate surface area is 169 Å². The van der Waals surface area contributed by atoms with Crippen molar-refractivity contribution in [2.45, 2.75) is 13.1 Å². The fourth-order valence-electron chi connectivity index (χ4n) is 3.00. The average molecular weight is 415 g/mol. The van der Waals surface area contributed by atoms with Crippen molar-refractivity contribution in [3.8, 4) is 16.9 Å². The molecule has 0 aliphatic carbocycles. The summed E-state index contributed by atoms with van der Waals surface area (Å²) in [5.74, 6) is 1.89. The van der Waals surface area contributed by atoms with Gasteiger partial charge < -0.3 is 10.1 Å². The molecular formula is C21H16F3N3OS. The fraction of sp³-hybridized carbons (Fsp3) is 0.143. The van der Waals surface area contributed by atoms with E-state index in [2.05, 4.69) is 15.3 Å². The van der Waals surface area contributed by atoms with Gasteiger partial charge in [-0.15, -0.1) is 11.3 Å². The topological polar surface area (TPSA) is 47.0 Å². The third-order valence-electron chi connectivity index (χ3n) is 4.42. The van der Waals surface area contributed by atoms with Crippen LogP contribution in [0.3, 0.4) is 0 Å². The number of fused-ring (bicyclic) bond motifs is 1. The Morgan fingerprint density at radius 1 is 0.966 bits per heavy atom. The molecule has 4 aromatic rings. The van der Waals surface area contributed by atoms with Crippen molar-refractivity contribution in [3.63, 3.8) is 0 Å². The number of alkyl halides is 3. The van der Waals surface area contributed by atoms with Crippen LogP contribution in [0.4, 0.5) is 24.7 Å². The molecule has 0 saturated heterocycles. The van der Waals surface area contributed by atoms with Crippen molar-refractivity contribution in [2.24, 2.45) is 0 Å². The van der Waals surface area contributed by atoms with Crippen molar-refractivity contribution >= 4 is 33.1 Å². The van der Waals surface area contributed by atoms with Crippen molar-refractivity contribution in [3.05, 3.63) is 65.3 Å². The lowest BCUT2D eigenvalue weighted by Gasteiger charge is -2.11. The molecule has 0 unspecified atom stereocenters. The molecule has 2 aromatic heterocycles. The van der Waals surface area contributed by atoms with Gasteiger partial charge in [0, 0.05) is 16.6 Å². The second kappa shape index (κ2) is 7.36. The van der Waals surface area contributed by atoms with Gasteiger partial charge in [0.05, 0.1) is 18.1 Å². The molecule has 0 radical (unpaired) electrons. The molecule has 1 N–H and O–H groups in total. The number of anilines is 2. The van der Waals surface area contributed by atoms with Gasteiger partial charge >= 0.3 is 6.18 Å². The summed E-state index contributed by atoms with van der Waals surface area (Å²) in [4.78, 5) is 9.80. The van der Waals surface area contributed by atoms with Crippen LogP contribution < -0.4 is 10.1 Å². The Morgan fingerprint density at radius 2 is 1.66 bits per heavy atom. The molecule has 148 valence electrons.